The SMILES string of the molecule is CC1(C)OC=C([C@@H]2COc3cc(N)ccc3O2)O1. The zero-order chi connectivity index (χ0) is 12.8. The molecule has 2 aliphatic rings. The summed E-state index contributed by atoms with van der Waals surface area (Å²) in [5, 5.41) is 0. The van der Waals surface area contributed by atoms with Crippen LogP contribution in [0.5, 0.6) is 11.5 Å². The van der Waals surface area contributed by atoms with Gasteiger partial charge >= 0.3 is 0 Å². The third kappa shape index (κ3) is 1.92. The quantitative estimate of drug-likeness (QED) is 0.771. The first-order valence-corrected chi connectivity index (χ1v) is 5.79. The number of benzene rings is 1. The molecule has 0 saturated heterocycles. The van der Waals surface area contributed by atoms with E-state index in [2.05, 4.69) is 0 Å². The van der Waals surface area contributed by atoms with Crippen LogP contribution in [-0.4, -0.2) is 18.5 Å². The predicted octanol–water partition coefficient (Wildman–Crippen LogP) is 2.03. The second-order valence-corrected chi connectivity index (χ2v) is 4.76. The van der Waals surface area contributed by atoms with Crippen LogP contribution < -0.4 is 15.2 Å². The molecular weight excluding hydrogens is 234 g/mol. The zero-order valence-electron chi connectivity index (χ0n) is 10.3. The summed E-state index contributed by atoms with van der Waals surface area (Å²) in [4.78, 5) is 0. The van der Waals surface area contributed by atoms with Crippen LogP contribution in [0.3, 0.4) is 0 Å². The second-order valence-electron chi connectivity index (χ2n) is 4.76. The van der Waals surface area contributed by atoms with Crippen LogP contribution in [0, 0.1) is 0 Å². The number of anilines is 1. The zero-order valence-corrected chi connectivity index (χ0v) is 10.3. The third-order valence-corrected chi connectivity index (χ3v) is 2.77. The number of fused-ring (bicyclic) bond motifs is 1. The molecule has 5 heteroatoms. The molecule has 1 aromatic carbocycles. The number of rotatable bonds is 1. The molecule has 0 fully saturated rings. The van der Waals surface area contributed by atoms with E-state index in [0.29, 0.717) is 29.6 Å². The predicted molar refractivity (Wildman–Crippen MR) is 65.1 cm³/mol. The average molecular weight is 249 g/mol. The Hall–Kier alpha value is -2.04. The summed E-state index contributed by atoms with van der Waals surface area (Å²) in [6.07, 6.45) is 1.29. The molecule has 0 saturated carbocycles. The monoisotopic (exact) mass is 249 g/mol. The van der Waals surface area contributed by atoms with Crippen LogP contribution in [0.25, 0.3) is 0 Å². The van der Waals surface area contributed by atoms with Gasteiger partial charge in [0, 0.05) is 25.6 Å². The fraction of sp³-hybridized carbons (Fsp3) is 0.385. The van der Waals surface area contributed by atoms with Gasteiger partial charge in [-0.1, -0.05) is 0 Å². The minimum atomic E-state index is -0.639. The standard InChI is InChI=1S/C13H15NO4/c1-13(2)16-7-12(18-13)11-6-15-10-5-8(14)3-4-9(10)17-11/h3-5,7,11H,6,14H2,1-2H3/t11-/m0/s1. The molecule has 0 radical (unpaired) electrons. The van der Waals surface area contributed by atoms with E-state index in [1.54, 1.807) is 24.5 Å². The Bertz CT molecular complexity index is 510. The van der Waals surface area contributed by atoms with Crippen molar-refractivity contribution in [3.63, 3.8) is 0 Å². The summed E-state index contributed by atoms with van der Waals surface area (Å²) in [5.74, 6) is 1.32. The van der Waals surface area contributed by atoms with Crippen molar-refractivity contribution >= 4 is 5.69 Å². The maximum absolute atomic E-state index is 5.81. The lowest BCUT2D eigenvalue weighted by Gasteiger charge is -2.27. The highest BCUT2D eigenvalue weighted by Crippen LogP contribution is 2.37. The Kier molecular flexibility index (Phi) is 2.29. The fourth-order valence-corrected chi connectivity index (χ4v) is 1.90. The summed E-state index contributed by atoms with van der Waals surface area (Å²) in [6.45, 7) is 4.06. The normalized spacial score (nSPS) is 23.9. The maximum atomic E-state index is 5.81. The molecule has 2 N–H and O–H groups in total. The van der Waals surface area contributed by atoms with E-state index in [0.717, 1.165) is 0 Å². The van der Waals surface area contributed by atoms with E-state index >= 15 is 0 Å². The molecule has 1 aromatic rings. The Morgan fingerprint density at radius 2 is 2.11 bits per heavy atom. The Labute approximate surface area is 105 Å². The van der Waals surface area contributed by atoms with Gasteiger partial charge in [-0.2, -0.15) is 0 Å². The Morgan fingerprint density at radius 1 is 1.28 bits per heavy atom. The molecule has 1 atom stereocenters. The van der Waals surface area contributed by atoms with Gasteiger partial charge in [0.15, 0.2) is 23.4 Å². The van der Waals surface area contributed by atoms with Gasteiger partial charge in [0.05, 0.1) is 0 Å². The van der Waals surface area contributed by atoms with Crippen LogP contribution >= 0.6 is 0 Å². The molecule has 0 unspecified atom stereocenters. The van der Waals surface area contributed by atoms with Crippen LogP contribution in [-0.2, 0) is 9.47 Å². The van der Waals surface area contributed by atoms with Crippen LogP contribution in [0.4, 0.5) is 5.69 Å². The molecule has 0 aromatic heterocycles. The van der Waals surface area contributed by atoms with Gasteiger partial charge in [0.2, 0.25) is 5.79 Å². The number of nitrogen functional groups attached to an aromatic ring is 1. The second kappa shape index (κ2) is 3.73. The van der Waals surface area contributed by atoms with E-state index in [9.17, 15) is 0 Å². The highest BCUT2D eigenvalue weighted by molar-refractivity contribution is 5.52. The maximum Gasteiger partial charge on any atom is 0.244 e. The van der Waals surface area contributed by atoms with E-state index in [1.807, 2.05) is 13.8 Å². The number of hydrogen-bond acceptors (Lipinski definition) is 5. The lowest BCUT2D eigenvalue weighted by molar-refractivity contribution is -0.125. The van der Waals surface area contributed by atoms with Gasteiger partial charge in [-0.15, -0.1) is 0 Å². The first-order chi connectivity index (χ1) is 8.53. The van der Waals surface area contributed by atoms with Gasteiger partial charge in [0.1, 0.15) is 12.9 Å². The average Bonchev–Trinajstić information content (AvgIpc) is 2.69. The van der Waals surface area contributed by atoms with Crippen LogP contribution in [0.1, 0.15) is 13.8 Å². The molecule has 3 rings (SSSR count). The van der Waals surface area contributed by atoms with Crippen molar-refractivity contribution in [1.29, 1.82) is 0 Å². The van der Waals surface area contributed by atoms with Crippen molar-refractivity contribution in [1.82, 2.24) is 0 Å². The highest BCUT2D eigenvalue weighted by Gasteiger charge is 2.35. The minimum Gasteiger partial charge on any atom is -0.485 e. The smallest absolute Gasteiger partial charge is 0.244 e. The topological polar surface area (TPSA) is 62.9 Å². The van der Waals surface area contributed by atoms with Gasteiger partial charge < -0.3 is 24.7 Å². The molecule has 18 heavy (non-hydrogen) atoms. The lowest BCUT2D eigenvalue weighted by atomic mass is 10.2. The molecule has 2 aliphatic heterocycles. The van der Waals surface area contributed by atoms with Gasteiger partial charge in [-0.05, 0) is 12.1 Å². The largest absolute Gasteiger partial charge is 0.485 e. The minimum absolute atomic E-state index is 0.289. The highest BCUT2D eigenvalue weighted by atomic mass is 16.7. The van der Waals surface area contributed by atoms with Crippen molar-refractivity contribution in [2.75, 3.05) is 12.3 Å². The number of hydrogen-bond donors (Lipinski definition) is 1. The fourth-order valence-electron chi connectivity index (χ4n) is 1.90. The van der Waals surface area contributed by atoms with Gasteiger partial charge in [0.25, 0.3) is 0 Å². The molecule has 0 aliphatic carbocycles. The molecule has 0 bridgehead atoms. The summed E-state index contributed by atoms with van der Waals surface area (Å²) in [6, 6.07) is 5.31. The van der Waals surface area contributed by atoms with Crippen LogP contribution in [0.15, 0.2) is 30.2 Å². The number of nitrogens with two attached hydrogens (primary N) is 1. The number of ether oxygens (including phenoxy) is 4. The van der Waals surface area contributed by atoms with Crippen molar-refractivity contribution < 1.29 is 18.9 Å². The molecule has 0 spiro atoms. The summed E-state index contributed by atoms with van der Waals surface area (Å²) in [5.41, 5.74) is 6.33. The van der Waals surface area contributed by atoms with Crippen molar-refractivity contribution in [3.8, 4) is 11.5 Å². The first kappa shape index (κ1) is 11.1. The molecule has 5 nitrogen and oxygen atoms in total. The molecule has 0 amide bonds. The lowest BCUT2D eigenvalue weighted by Crippen LogP contribution is -2.33. The molecule has 2 heterocycles. The van der Waals surface area contributed by atoms with E-state index in [4.69, 9.17) is 24.7 Å². The first-order valence-electron chi connectivity index (χ1n) is 5.79. The third-order valence-electron chi connectivity index (χ3n) is 2.77. The van der Waals surface area contributed by atoms with Gasteiger partial charge in [-0.3, -0.25) is 0 Å². The van der Waals surface area contributed by atoms with Gasteiger partial charge in [-0.25, -0.2) is 0 Å². The summed E-state index contributed by atoms with van der Waals surface area (Å²) in [7, 11) is 0. The van der Waals surface area contributed by atoms with Crippen molar-refractivity contribution in [2.24, 2.45) is 0 Å². The summed E-state index contributed by atoms with van der Waals surface area (Å²) < 4.78 is 22.4. The molecule has 96 valence electrons. The van der Waals surface area contributed by atoms with E-state index in [1.165, 1.54) is 0 Å². The summed E-state index contributed by atoms with van der Waals surface area (Å²) >= 11 is 0. The van der Waals surface area contributed by atoms with E-state index in [-0.39, 0.29) is 6.10 Å². The Balaban J connectivity index is 1.78. The van der Waals surface area contributed by atoms with Crippen molar-refractivity contribution in [3.05, 3.63) is 30.2 Å². The Morgan fingerprint density at radius 3 is 2.83 bits per heavy atom. The van der Waals surface area contributed by atoms with Crippen molar-refractivity contribution in [2.45, 2.75) is 25.7 Å². The molecular formula is C13H15NO4. The van der Waals surface area contributed by atoms with Crippen LogP contribution in [0.2, 0.25) is 0 Å². The van der Waals surface area contributed by atoms with E-state index < -0.39 is 5.79 Å².